The zero-order valence-corrected chi connectivity index (χ0v) is 16.0. The van der Waals surface area contributed by atoms with Crippen molar-refractivity contribution in [3.63, 3.8) is 0 Å². The lowest BCUT2D eigenvalue weighted by Gasteiger charge is -2.22. The van der Waals surface area contributed by atoms with Crippen LogP contribution in [0.1, 0.15) is 22.8 Å². The zero-order valence-electron chi connectivity index (χ0n) is 15.2. The highest BCUT2D eigenvalue weighted by Crippen LogP contribution is 2.17. The van der Waals surface area contributed by atoms with E-state index in [4.69, 9.17) is 4.74 Å². The number of benzene rings is 2. The minimum absolute atomic E-state index is 0.132. The lowest BCUT2D eigenvalue weighted by atomic mass is 10.2. The van der Waals surface area contributed by atoms with Crippen LogP contribution in [0.4, 0.5) is 4.39 Å². The second kappa shape index (κ2) is 8.30. The van der Waals surface area contributed by atoms with Crippen molar-refractivity contribution in [2.24, 2.45) is 0 Å². The normalized spacial score (nSPS) is 12.3. The van der Waals surface area contributed by atoms with Crippen LogP contribution in [-0.4, -0.2) is 44.6 Å². The molecule has 0 aliphatic heterocycles. The maximum Gasteiger partial charge on any atom is 0.340 e. The van der Waals surface area contributed by atoms with Crippen LogP contribution in [0.5, 0.6) is 0 Å². The number of nitrogens with zero attached hydrogens (tertiary/aromatic N) is 1. The summed E-state index contributed by atoms with van der Waals surface area (Å²) in [5, 5.41) is 0. The van der Waals surface area contributed by atoms with Gasteiger partial charge in [-0.3, -0.25) is 4.79 Å². The maximum absolute atomic E-state index is 13.2. The van der Waals surface area contributed by atoms with Crippen LogP contribution in [0.25, 0.3) is 0 Å². The maximum atomic E-state index is 13.2. The molecule has 2 rings (SSSR count). The van der Waals surface area contributed by atoms with Gasteiger partial charge in [0.25, 0.3) is 5.91 Å². The molecule has 0 spiro atoms. The van der Waals surface area contributed by atoms with Crippen LogP contribution < -0.4 is 0 Å². The van der Waals surface area contributed by atoms with Gasteiger partial charge in [-0.15, -0.1) is 0 Å². The van der Waals surface area contributed by atoms with Crippen molar-refractivity contribution in [3.05, 3.63) is 65.5 Å². The van der Waals surface area contributed by atoms with E-state index in [1.165, 1.54) is 61.3 Å². The SMILES string of the molecule is CC(OC(=O)c1ccccc1S(C)(=O)=O)C(=O)N(C)Cc1cccc(F)c1. The summed E-state index contributed by atoms with van der Waals surface area (Å²) in [5.41, 5.74) is 0.458. The molecular weight excluding hydrogens is 373 g/mol. The second-order valence-electron chi connectivity index (χ2n) is 6.14. The first-order valence-electron chi connectivity index (χ1n) is 8.09. The van der Waals surface area contributed by atoms with Crippen molar-refractivity contribution < 1.29 is 27.1 Å². The molecule has 0 aromatic heterocycles. The van der Waals surface area contributed by atoms with E-state index in [9.17, 15) is 22.4 Å². The van der Waals surface area contributed by atoms with Gasteiger partial charge in [0, 0.05) is 19.8 Å². The van der Waals surface area contributed by atoms with Gasteiger partial charge in [-0.2, -0.15) is 0 Å². The number of carbonyl (C=O) groups excluding carboxylic acids is 2. The Labute approximate surface area is 157 Å². The molecular formula is C19H20FNO5S. The molecule has 0 fully saturated rings. The van der Waals surface area contributed by atoms with Gasteiger partial charge in [-0.25, -0.2) is 17.6 Å². The molecule has 27 heavy (non-hydrogen) atoms. The Kier molecular flexibility index (Phi) is 6.32. The third-order valence-corrected chi connectivity index (χ3v) is 4.98. The number of esters is 1. The Morgan fingerprint density at radius 1 is 1.15 bits per heavy atom. The van der Waals surface area contributed by atoms with Crippen molar-refractivity contribution in [1.82, 2.24) is 4.90 Å². The highest BCUT2D eigenvalue weighted by atomic mass is 32.2. The largest absolute Gasteiger partial charge is 0.449 e. The lowest BCUT2D eigenvalue weighted by Crippen LogP contribution is -2.37. The fraction of sp³-hybridized carbons (Fsp3) is 0.263. The molecule has 0 aliphatic rings. The van der Waals surface area contributed by atoms with Crippen LogP contribution in [0, 0.1) is 5.82 Å². The summed E-state index contributed by atoms with van der Waals surface area (Å²) >= 11 is 0. The Bertz CT molecular complexity index is 958. The van der Waals surface area contributed by atoms with E-state index in [2.05, 4.69) is 0 Å². The predicted molar refractivity (Wildman–Crippen MR) is 97.3 cm³/mol. The Morgan fingerprint density at radius 3 is 2.44 bits per heavy atom. The van der Waals surface area contributed by atoms with Gasteiger partial charge in [0.2, 0.25) is 0 Å². The van der Waals surface area contributed by atoms with E-state index in [1.54, 1.807) is 6.07 Å². The number of likely N-dealkylation sites (N-methyl/N-ethyl adjacent to an activating group) is 1. The monoisotopic (exact) mass is 393 g/mol. The van der Waals surface area contributed by atoms with Crippen LogP contribution in [0.15, 0.2) is 53.4 Å². The molecule has 1 unspecified atom stereocenters. The zero-order chi connectivity index (χ0) is 20.2. The van der Waals surface area contributed by atoms with Crippen LogP contribution in [0.2, 0.25) is 0 Å². The lowest BCUT2D eigenvalue weighted by molar-refractivity contribution is -0.139. The molecule has 2 aromatic carbocycles. The first kappa shape index (κ1) is 20.6. The number of carbonyl (C=O) groups is 2. The summed E-state index contributed by atoms with van der Waals surface area (Å²) in [6.45, 7) is 1.53. The first-order chi connectivity index (χ1) is 12.6. The standard InChI is InChI=1S/C19H20FNO5S/c1-13(18(22)21(2)12-14-7-6-8-15(20)11-14)26-19(23)16-9-4-5-10-17(16)27(3,24)25/h4-11,13H,12H2,1-3H3. The predicted octanol–water partition coefficient (Wildman–Crippen LogP) is 2.43. The molecule has 8 heteroatoms. The second-order valence-corrected chi connectivity index (χ2v) is 8.12. The number of ether oxygens (including phenoxy) is 1. The quantitative estimate of drug-likeness (QED) is 0.704. The van der Waals surface area contributed by atoms with Crippen LogP contribution >= 0.6 is 0 Å². The molecule has 1 atom stereocenters. The molecule has 0 saturated carbocycles. The average Bonchev–Trinajstić information content (AvgIpc) is 2.60. The molecule has 1 amide bonds. The molecule has 0 saturated heterocycles. The Morgan fingerprint density at radius 2 is 1.81 bits per heavy atom. The van der Waals surface area contributed by atoms with E-state index in [-0.39, 0.29) is 17.0 Å². The molecule has 0 radical (unpaired) electrons. The fourth-order valence-electron chi connectivity index (χ4n) is 2.53. The van der Waals surface area contributed by atoms with E-state index >= 15 is 0 Å². The van der Waals surface area contributed by atoms with Gasteiger partial charge >= 0.3 is 5.97 Å². The third-order valence-electron chi connectivity index (χ3n) is 3.82. The highest BCUT2D eigenvalue weighted by molar-refractivity contribution is 7.90. The minimum Gasteiger partial charge on any atom is -0.449 e. The molecule has 0 aliphatic carbocycles. The number of halogens is 1. The number of sulfone groups is 1. The smallest absolute Gasteiger partial charge is 0.340 e. The third kappa shape index (κ3) is 5.37. The van der Waals surface area contributed by atoms with Crippen LogP contribution in [0.3, 0.4) is 0 Å². The van der Waals surface area contributed by atoms with Gasteiger partial charge in [0.05, 0.1) is 10.5 Å². The molecule has 0 bridgehead atoms. The fourth-order valence-corrected chi connectivity index (χ4v) is 3.41. The Balaban J connectivity index is 2.09. The van der Waals surface area contributed by atoms with Gasteiger partial charge in [0.15, 0.2) is 15.9 Å². The van der Waals surface area contributed by atoms with Gasteiger partial charge in [-0.05, 0) is 36.8 Å². The first-order valence-corrected chi connectivity index (χ1v) is 9.98. The summed E-state index contributed by atoms with van der Waals surface area (Å²) in [6.07, 6.45) is -0.149. The number of hydrogen-bond acceptors (Lipinski definition) is 5. The number of rotatable bonds is 6. The topological polar surface area (TPSA) is 80.8 Å². The average molecular weight is 393 g/mol. The molecule has 144 valence electrons. The summed E-state index contributed by atoms with van der Waals surface area (Å²) in [7, 11) is -2.13. The highest BCUT2D eigenvalue weighted by Gasteiger charge is 2.25. The summed E-state index contributed by atoms with van der Waals surface area (Å²) < 4.78 is 42.0. The van der Waals surface area contributed by atoms with Crippen molar-refractivity contribution in [3.8, 4) is 0 Å². The molecule has 2 aromatic rings. The van der Waals surface area contributed by atoms with Crippen molar-refractivity contribution in [2.45, 2.75) is 24.5 Å². The van der Waals surface area contributed by atoms with E-state index in [1.807, 2.05) is 0 Å². The van der Waals surface area contributed by atoms with Crippen LogP contribution in [-0.2, 0) is 25.9 Å². The van der Waals surface area contributed by atoms with E-state index in [0.29, 0.717) is 5.56 Å². The van der Waals surface area contributed by atoms with Gasteiger partial charge in [0.1, 0.15) is 5.82 Å². The summed E-state index contributed by atoms with van der Waals surface area (Å²) in [6, 6.07) is 11.4. The minimum atomic E-state index is -3.63. The molecule has 6 nitrogen and oxygen atoms in total. The van der Waals surface area contributed by atoms with Gasteiger partial charge < -0.3 is 9.64 Å². The van der Waals surface area contributed by atoms with Crippen molar-refractivity contribution in [1.29, 1.82) is 0 Å². The summed E-state index contributed by atoms with van der Waals surface area (Å²) in [4.78, 5) is 25.9. The molecule has 0 N–H and O–H groups in total. The van der Waals surface area contributed by atoms with Crippen molar-refractivity contribution >= 4 is 21.7 Å². The van der Waals surface area contributed by atoms with E-state index < -0.39 is 33.6 Å². The molecule has 0 heterocycles. The number of amides is 1. The van der Waals surface area contributed by atoms with Crippen molar-refractivity contribution in [2.75, 3.05) is 13.3 Å². The Hall–Kier alpha value is -2.74. The number of hydrogen-bond donors (Lipinski definition) is 0. The van der Waals surface area contributed by atoms with E-state index in [0.717, 1.165) is 6.26 Å². The van der Waals surface area contributed by atoms with Gasteiger partial charge in [-0.1, -0.05) is 24.3 Å². The summed E-state index contributed by atoms with van der Waals surface area (Å²) in [5.74, 6) is -1.81.